The van der Waals surface area contributed by atoms with Gasteiger partial charge in [-0.1, -0.05) is 23.9 Å². The summed E-state index contributed by atoms with van der Waals surface area (Å²) in [6.45, 7) is 1.75. The summed E-state index contributed by atoms with van der Waals surface area (Å²) in [5, 5.41) is 0.568. The average molecular weight is 342 g/mol. The smallest absolute Gasteiger partial charge is 0.261 e. The summed E-state index contributed by atoms with van der Waals surface area (Å²) in [7, 11) is 1.64. The van der Waals surface area contributed by atoms with Crippen molar-refractivity contribution in [3.05, 3.63) is 70.3 Å². The van der Waals surface area contributed by atoms with Crippen LogP contribution in [0.3, 0.4) is 0 Å². The van der Waals surface area contributed by atoms with Crippen LogP contribution in [0, 0.1) is 5.82 Å². The zero-order chi connectivity index (χ0) is 17.3. The van der Waals surface area contributed by atoms with E-state index in [1.807, 2.05) is 6.07 Å². The number of halogens is 1. The molecule has 4 nitrogen and oxygen atoms in total. The Morgan fingerprint density at radius 1 is 1.17 bits per heavy atom. The third kappa shape index (κ3) is 3.10. The van der Waals surface area contributed by atoms with Crippen LogP contribution in [0.2, 0.25) is 0 Å². The second-order valence-corrected chi connectivity index (χ2v) is 6.71. The monoisotopic (exact) mass is 342 g/mol. The van der Waals surface area contributed by atoms with E-state index >= 15 is 0 Å². The maximum atomic E-state index is 13.0. The predicted octanol–water partition coefficient (Wildman–Crippen LogP) is 3.44. The fourth-order valence-corrected chi connectivity index (χ4v) is 3.31. The van der Waals surface area contributed by atoms with Crippen LogP contribution >= 0.6 is 11.8 Å². The highest BCUT2D eigenvalue weighted by Gasteiger charge is 2.19. The highest BCUT2D eigenvalue weighted by atomic mass is 32.2. The summed E-state index contributed by atoms with van der Waals surface area (Å²) < 4.78 is 14.4. The molecule has 0 aliphatic carbocycles. The number of thioether (sulfide) groups is 1. The number of aromatic nitrogens is 2. The van der Waals surface area contributed by atoms with Crippen LogP contribution in [0.5, 0.6) is 0 Å². The molecule has 0 saturated heterocycles. The standard InChI is InChI=1S/C18H15FN2O2S/c1-11(16(22)12-7-9-13(19)10-8-12)24-18-20-15-6-4-3-5-14(15)17(23)21(18)2/h3-11H,1-2H3/t11-/m1/s1. The fraction of sp³-hybridized carbons (Fsp3) is 0.167. The Labute approximate surface area is 142 Å². The Bertz CT molecular complexity index is 967. The summed E-state index contributed by atoms with van der Waals surface area (Å²) in [6.07, 6.45) is 0. The van der Waals surface area contributed by atoms with Crippen molar-refractivity contribution >= 4 is 28.4 Å². The molecule has 0 unspecified atom stereocenters. The molecule has 24 heavy (non-hydrogen) atoms. The molecule has 0 radical (unpaired) electrons. The van der Waals surface area contributed by atoms with Gasteiger partial charge in [0, 0.05) is 12.6 Å². The van der Waals surface area contributed by atoms with Crippen LogP contribution in [0.4, 0.5) is 4.39 Å². The Morgan fingerprint density at radius 2 is 1.83 bits per heavy atom. The van der Waals surface area contributed by atoms with Gasteiger partial charge in [-0.2, -0.15) is 0 Å². The van der Waals surface area contributed by atoms with Gasteiger partial charge >= 0.3 is 0 Å². The third-order valence-electron chi connectivity index (χ3n) is 3.72. The number of ketones is 1. The molecule has 3 rings (SSSR count). The molecule has 1 heterocycles. The second kappa shape index (κ2) is 6.57. The first-order chi connectivity index (χ1) is 11.5. The molecular formula is C18H15FN2O2S. The first kappa shape index (κ1) is 16.4. The molecule has 0 spiro atoms. The SMILES string of the molecule is C[C@@H](Sc1nc2ccccc2c(=O)n1C)C(=O)c1ccc(F)cc1. The van der Waals surface area contributed by atoms with Crippen molar-refractivity contribution < 1.29 is 9.18 Å². The number of carbonyl (C=O) groups is 1. The molecular weight excluding hydrogens is 327 g/mol. The molecule has 2 aromatic carbocycles. The van der Waals surface area contributed by atoms with Crippen LogP contribution in [0.25, 0.3) is 10.9 Å². The van der Waals surface area contributed by atoms with Crippen molar-refractivity contribution in [2.75, 3.05) is 0 Å². The van der Waals surface area contributed by atoms with Gasteiger partial charge in [0.15, 0.2) is 10.9 Å². The van der Waals surface area contributed by atoms with Crippen LogP contribution in [0.1, 0.15) is 17.3 Å². The van der Waals surface area contributed by atoms with Crippen LogP contribution in [-0.2, 0) is 7.05 Å². The van der Waals surface area contributed by atoms with Crippen molar-refractivity contribution in [1.82, 2.24) is 9.55 Å². The molecule has 0 fully saturated rings. The molecule has 1 atom stereocenters. The first-order valence-electron chi connectivity index (χ1n) is 7.39. The summed E-state index contributed by atoms with van der Waals surface area (Å²) >= 11 is 1.21. The Morgan fingerprint density at radius 3 is 2.54 bits per heavy atom. The number of hydrogen-bond acceptors (Lipinski definition) is 4. The summed E-state index contributed by atoms with van der Waals surface area (Å²) in [6, 6.07) is 12.5. The van der Waals surface area contributed by atoms with E-state index in [4.69, 9.17) is 0 Å². The molecule has 0 saturated carbocycles. The van der Waals surface area contributed by atoms with Gasteiger partial charge in [0.25, 0.3) is 5.56 Å². The molecule has 0 N–H and O–H groups in total. The van der Waals surface area contributed by atoms with E-state index in [-0.39, 0.29) is 17.2 Å². The average Bonchev–Trinajstić information content (AvgIpc) is 2.59. The predicted molar refractivity (Wildman–Crippen MR) is 93.0 cm³/mol. The Balaban J connectivity index is 1.91. The second-order valence-electron chi connectivity index (χ2n) is 5.41. The molecule has 6 heteroatoms. The van der Waals surface area contributed by atoms with Crippen molar-refractivity contribution in [3.63, 3.8) is 0 Å². The van der Waals surface area contributed by atoms with Crippen molar-refractivity contribution in [2.45, 2.75) is 17.3 Å². The summed E-state index contributed by atoms with van der Waals surface area (Å²) in [5.41, 5.74) is 0.885. The maximum absolute atomic E-state index is 13.0. The van der Waals surface area contributed by atoms with E-state index in [2.05, 4.69) is 4.98 Å². The number of para-hydroxylation sites is 1. The van der Waals surface area contributed by atoms with E-state index in [1.54, 1.807) is 32.2 Å². The number of rotatable bonds is 4. The van der Waals surface area contributed by atoms with Crippen LogP contribution in [0.15, 0.2) is 58.5 Å². The maximum Gasteiger partial charge on any atom is 0.261 e. The molecule has 0 aliphatic heterocycles. The fourth-order valence-electron chi connectivity index (χ4n) is 2.36. The highest BCUT2D eigenvalue weighted by Crippen LogP contribution is 2.24. The lowest BCUT2D eigenvalue weighted by molar-refractivity contribution is 0.0994. The largest absolute Gasteiger partial charge is 0.293 e. The highest BCUT2D eigenvalue weighted by molar-refractivity contribution is 8.00. The topological polar surface area (TPSA) is 52.0 Å². The third-order valence-corrected chi connectivity index (χ3v) is 4.87. The van der Waals surface area contributed by atoms with Gasteiger partial charge in [-0.05, 0) is 43.3 Å². The van der Waals surface area contributed by atoms with Gasteiger partial charge in [-0.15, -0.1) is 0 Å². The minimum atomic E-state index is -0.449. The number of hydrogen-bond donors (Lipinski definition) is 0. The molecule has 3 aromatic rings. The number of benzene rings is 2. The number of nitrogens with zero attached hydrogens (tertiary/aromatic N) is 2. The zero-order valence-electron chi connectivity index (χ0n) is 13.2. The van der Waals surface area contributed by atoms with Gasteiger partial charge in [-0.25, -0.2) is 9.37 Å². The van der Waals surface area contributed by atoms with Gasteiger partial charge in [0.05, 0.1) is 16.2 Å². The van der Waals surface area contributed by atoms with Crippen molar-refractivity contribution in [2.24, 2.45) is 7.05 Å². The van der Waals surface area contributed by atoms with Gasteiger partial charge in [0.1, 0.15) is 5.82 Å². The van der Waals surface area contributed by atoms with Crippen LogP contribution < -0.4 is 5.56 Å². The normalized spacial score (nSPS) is 12.3. The summed E-state index contributed by atoms with van der Waals surface area (Å²) in [5.74, 6) is -0.521. The molecule has 0 amide bonds. The van der Waals surface area contributed by atoms with Crippen LogP contribution in [-0.4, -0.2) is 20.6 Å². The molecule has 0 bridgehead atoms. The van der Waals surface area contributed by atoms with Crippen molar-refractivity contribution in [3.8, 4) is 0 Å². The lowest BCUT2D eigenvalue weighted by atomic mass is 10.1. The van der Waals surface area contributed by atoms with E-state index in [0.29, 0.717) is 21.6 Å². The minimum absolute atomic E-state index is 0.137. The molecule has 122 valence electrons. The molecule has 0 aliphatic rings. The van der Waals surface area contributed by atoms with Crippen molar-refractivity contribution in [1.29, 1.82) is 0 Å². The summed E-state index contributed by atoms with van der Waals surface area (Å²) in [4.78, 5) is 29.3. The first-order valence-corrected chi connectivity index (χ1v) is 8.27. The van der Waals surface area contributed by atoms with E-state index in [9.17, 15) is 14.0 Å². The van der Waals surface area contributed by atoms with E-state index in [0.717, 1.165) is 0 Å². The Kier molecular flexibility index (Phi) is 4.49. The lowest BCUT2D eigenvalue weighted by Gasteiger charge is -2.13. The van der Waals surface area contributed by atoms with E-state index in [1.165, 1.54) is 40.6 Å². The van der Waals surface area contributed by atoms with E-state index < -0.39 is 5.25 Å². The van der Waals surface area contributed by atoms with Gasteiger partial charge < -0.3 is 0 Å². The van der Waals surface area contributed by atoms with Gasteiger partial charge in [0.2, 0.25) is 0 Å². The van der Waals surface area contributed by atoms with Gasteiger partial charge in [-0.3, -0.25) is 14.2 Å². The molecule has 1 aromatic heterocycles. The number of Topliss-reactive ketones (excluding diaryl/α,β-unsaturated/α-hetero) is 1. The zero-order valence-corrected chi connectivity index (χ0v) is 14.0. The number of carbonyl (C=O) groups excluding carboxylic acids is 1. The lowest BCUT2D eigenvalue weighted by Crippen LogP contribution is -2.22. The quantitative estimate of drug-likeness (QED) is 0.414. The Hall–Kier alpha value is -2.47. The number of fused-ring (bicyclic) bond motifs is 1. The minimum Gasteiger partial charge on any atom is -0.293 e.